The highest BCUT2D eigenvalue weighted by Gasteiger charge is 2.30. The van der Waals surface area contributed by atoms with Crippen LogP contribution in [0.15, 0.2) is 22.7 Å². The molecule has 2 fully saturated rings. The van der Waals surface area contributed by atoms with E-state index >= 15 is 0 Å². The monoisotopic (exact) mass is 456 g/mol. The summed E-state index contributed by atoms with van der Waals surface area (Å²) < 4.78 is 58.9. The molecule has 2 heterocycles. The van der Waals surface area contributed by atoms with Crippen molar-refractivity contribution in [2.75, 3.05) is 39.5 Å². The lowest BCUT2D eigenvalue weighted by Gasteiger charge is -2.31. The van der Waals surface area contributed by atoms with Crippen LogP contribution < -0.4 is 9.47 Å². The standard InChI is InChI=1S/C22H27F3N2O5/c23-22(24,25)14-31-17-5-2-6-18-19(17)20(26-32-18)30-13-15-7-9-27(10-8-15)11-12-29-21(28)16-3-1-4-16/h2,5-6,15-16H,1,3-4,7-14H2. The maximum atomic E-state index is 12.5. The van der Waals surface area contributed by atoms with Crippen molar-refractivity contribution in [3.8, 4) is 11.6 Å². The number of likely N-dealkylation sites (tertiary alicyclic amines) is 1. The van der Waals surface area contributed by atoms with Gasteiger partial charge >= 0.3 is 12.1 Å². The van der Waals surface area contributed by atoms with Crippen molar-refractivity contribution in [2.45, 2.75) is 38.3 Å². The topological polar surface area (TPSA) is 74.0 Å². The summed E-state index contributed by atoms with van der Waals surface area (Å²) in [5.41, 5.74) is 0.311. The van der Waals surface area contributed by atoms with Gasteiger partial charge in [0.1, 0.15) is 17.7 Å². The van der Waals surface area contributed by atoms with Crippen LogP contribution in [0.3, 0.4) is 0 Å². The Morgan fingerprint density at radius 2 is 1.94 bits per heavy atom. The van der Waals surface area contributed by atoms with E-state index in [9.17, 15) is 18.0 Å². The molecule has 4 rings (SSSR count). The Balaban J connectivity index is 1.23. The maximum Gasteiger partial charge on any atom is 0.422 e. The van der Waals surface area contributed by atoms with Gasteiger partial charge in [0.25, 0.3) is 5.88 Å². The minimum atomic E-state index is -4.44. The van der Waals surface area contributed by atoms with E-state index in [4.69, 9.17) is 18.7 Å². The maximum absolute atomic E-state index is 12.5. The molecule has 0 spiro atoms. The number of alkyl halides is 3. The zero-order valence-corrected chi connectivity index (χ0v) is 17.7. The summed E-state index contributed by atoms with van der Waals surface area (Å²) in [5.74, 6) is 0.493. The van der Waals surface area contributed by atoms with Gasteiger partial charge in [0.05, 0.1) is 12.5 Å². The molecule has 1 aromatic heterocycles. The normalized spacial score (nSPS) is 18.5. The lowest BCUT2D eigenvalue weighted by atomic mass is 9.86. The van der Waals surface area contributed by atoms with Gasteiger partial charge in [-0.1, -0.05) is 12.5 Å². The molecule has 2 aliphatic rings. The Labute approximate surface area is 183 Å². The van der Waals surface area contributed by atoms with E-state index in [0.29, 0.717) is 30.1 Å². The molecule has 176 valence electrons. The second kappa shape index (κ2) is 9.97. The van der Waals surface area contributed by atoms with Crippen LogP contribution in [0.5, 0.6) is 11.6 Å². The average molecular weight is 456 g/mol. The molecule has 1 saturated carbocycles. The summed E-state index contributed by atoms with van der Waals surface area (Å²) in [6.45, 7) is 1.87. The molecule has 0 bridgehead atoms. The van der Waals surface area contributed by atoms with Crippen LogP contribution in [0.25, 0.3) is 11.0 Å². The molecule has 1 aromatic carbocycles. The minimum Gasteiger partial charge on any atom is -0.483 e. The summed E-state index contributed by atoms with van der Waals surface area (Å²) in [5, 5.41) is 4.17. The molecule has 7 nitrogen and oxygen atoms in total. The van der Waals surface area contributed by atoms with Crippen molar-refractivity contribution in [2.24, 2.45) is 11.8 Å². The fourth-order valence-corrected chi connectivity index (χ4v) is 3.92. The number of ether oxygens (including phenoxy) is 3. The third kappa shape index (κ3) is 5.85. The third-order valence-corrected chi connectivity index (χ3v) is 6.07. The Bertz CT molecular complexity index is 905. The fraction of sp³-hybridized carbons (Fsp3) is 0.636. The molecule has 0 unspecified atom stereocenters. The number of carbonyl (C=O) groups is 1. The Hall–Kier alpha value is -2.49. The van der Waals surface area contributed by atoms with Gasteiger partial charge in [-0.15, -0.1) is 0 Å². The quantitative estimate of drug-likeness (QED) is 0.524. The Kier molecular flexibility index (Phi) is 7.07. The number of rotatable bonds is 9. The van der Waals surface area contributed by atoms with Gasteiger partial charge in [-0.25, -0.2) is 0 Å². The highest BCUT2D eigenvalue weighted by Crippen LogP contribution is 2.35. The summed E-state index contributed by atoms with van der Waals surface area (Å²) in [6.07, 6.45) is 0.376. The molecule has 32 heavy (non-hydrogen) atoms. The van der Waals surface area contributed by atoms with E-state index in [0.717, 1.165) is 51.7 Å². The Morgan fingerprint density at radius 3 is 2.62 bits per heavy atom. The number of esters is 1. The zero-order chi connectivity index (χ0) is 22.6. The minimum absolute atomic E-state index is 0.0299. The van der Waals surface area contributed by atoms with Gasteiger partial charge in [-0.3, -0.25) is 9.69 Å². The summed E-state index contributed by atoms with van der Waals surface area (Å²) >= 11 is 0. The number of aromatic nitrogens is 1. The zero-order valence-electron chi connectivity index (χ0n) is 17.7. The van der Waals surface area contributed by atoms with Gasteiger partial charge < -0.3 is 18.7 Å². The predicted octanol–water partition coefficient (Wildman–Crippen LogP) is 4.20. The van der Waals surface area contributed by atoms with E-state index in [2.05, 4.69) is 10.1 Å². The first kappa shape index (κ1) is 22.7. The van der Waals surface area contributed by atoms with Crippen LogP contribution in [-0.2, 0) is 9.53 Å². The highest BCUT2D eigenvalue weighted by molar-refractivity contribution is 5.88. The lowest BCUT2D eigenvalue weighted by Crippen LogP contribution is -2.38. The van der Waals surface area contributed by atoms with Crippen molar-refractivity contribution in [3.63, 3.8) is 0 Å². The number of benzene rings is 1. The second-order valence-electron chi connectivity index (χ2n) is 8.41. The predicted molar refractivity (Wildman–Crippen MR) is 109 cm³/mol. The van der Waals surface area contributed by atoms with E-state index in [1.165, 1.54) is 6.07 Å². The number of hydrogen-bond acceptors (Lipinski definition) is 7. The van der Waals surface area contributed by atoms with E-state index in [1.807, 2.05) is 0 Å². The number of halogens is 3. The van der Waals surface area contributed by atoms with Crippen LogP contribution in [0.2, 0.25) is 0 Å². The number of piperidine rings is 1. The molecule has 1 saturated heterocycles. The smallest absolute Gasteiger partial charge is 0.422 e. The number of fused-ring (bicyclic) bond motifs is 1. The molecule has 1 aliphatic heterocycles. The summed E-state index contributed by atoms with van der Waals surface area (Å²) in [4.78, 5) is 14.1. The van der Waals surface area contributed by atoms with Crippen molar-refractivity contribution in [1.82, 2.24) is 10.1 Å². The van der Waals surface area contributed by atoms with Crippen molar-refractivity contribution < 1.29 is 36.7 Å². The molecule has 10 heteroatoms. The largest absolute Gasteiger partial charge is 0.483 e. The number of nitrogens with zero attached hydrogens (tertiary/aromatic N) is 2. The molecule has 0 N–H and O–H groups in total. The third-order valence-electron chi connectivity index (χ3n) is 6.07. The molecular weight excluding hydrogens is 429 g/mol. The van der Waals surface area contributed by atoms with Gasteiger partial charge in [0.2, 0.25) is 0 Å². The van der Waals surface area contributed by atoms with Crippen LogP contribution in [0.1, 0.15) is 32.1 Å². The first-order chi connectivity index (χ1) is 15.4. The fourth-order valence-electron chi connectivity index (χ4n) is 3.92. The van der Waals surface area contributed by atoms with Crippen molar-refractivity contribution in [3.05, 3.63) is 18.2 Å². The van der Waals surface area contributed by atoms with E-state index in [-0.39, 0.29) is 23.5 Å². The van der Waals surface area contributed by atoms with Gasteiger partial charge in [0.15, 0.2) is 12.2 Å². The van der Waals surface area contributed by atoms with Crippen LogP contribution in [-0.4, -0.2) is 61.7 Å². The van der Waals surface area contributed by atoms with Crippen molar-refractivity contribution >= 4 is 16.9 Å². The van der Waals surface area contributed by atoms with Gasteiger partial charge in [0, 0.05) is 6.54 Å². The van der Waals surface area contributed by atoms with Crippen molar-refractivity contribution in [1.29, 1.82) is 0 Å². The van der Waals surface area contributed by atoms with Gasteiger partial charge in [-0.2, -0.15) is 13.2 Å². The molecule has 2 aromatic rings. The van der Waals surface area contributed by atoms with E-state index < -0.39 is 12.8 Å². The molecular formula is C22H27F3N2O5. The second-order valence-corrected chi connectivity index (χ2v) is 8.41. The van der Waals surface area contributed by atoms with Crippen LogP contribution in [0.4, 0.5) is 13.2 Å². The Morgan fingerprint density at radius 1 is 1.16 bits per heavy atom. The molecule has 1 aliphatic carbocycles. The van der Waals surface area contributed by atoms with Gasteiger partial charge in [-0.05, 0) is 62.0 Å². The van der Waals surface area contributed by atoms with Crippen LogP contribution in [0, 0.1) is 11.8 Å². The first-order valence-corrected chi connectivity index (χ1v) is 11.0. The SMILES string of the molecule is O=C(OCCN1CCC(COc2noc3cccc(OCC(F)(F)F)c23)CC1)C1CCC1. The van der Waals surface area contributed by atoms with E-state index in [1.54, 1.807) is 12.1 Å². The lowest BCUT2D eigenvalue weighted by molar-refractivity contribution is -0.153. The summed E-state index contributed by atoms with van der Waals surface area (Å²) in [7, 11) is 0. The van der Waals surface area contributed by atoms with Crippen LogP contribution >= 0.6 is 0 Å². The summed E-state index contributed by atoms with van der Waals surface area (Å²) in [6, 6.07) is 4.59. The molecule has 0 radical (unpaired) electrons. The highest BCUT2D eigenvalue weighted by atomic mass is 19.4. The number of hydrogen-bond donors (Lipinski definition) is 0. The molecule has 0 amide bonds. The number of carbonyl (C=O) groups excluding carboxylic acids is 1. The first-order valence-electron chi connectivity index (χ1n) is 11.0. The average Bonchev–Trinajstić information content (AvgIpc) is 3.13. The molecule has 0 atom stereocenters.